The van der Waals surface area contributed by atoms with Crippen LogP contribution in [-0.4, -0.2) is 38.0 Å². The van der Waals surface area contributed by atoms with Crippen molar-refractivity contribution in [3.63, 3.8) is 0 Å². The Balaban J connectivity index is 0.000000448. The minimum atomic E-state index is -0.265. The maximum Gasteiger partial charge on any atom is 0.319 e. The number of rotatable bonds is 6. The van der Waals surface area contributed by atoms with E-state index in [2.05, 4.69) is 30.7 Å². The highest BCUT2D eigenvalue weighted by molar-refractivity contribution is 9.09. The summed E-state index contributed by atoms with van der Waals surface area (Å²) in [5, 5.41) is 4.70. The molecule has 29 heavy (non-hydrogen) atoms. The monoisotopic (exact) mass is 506 g/mol. The Morgan fingerprint density at radius 2 is 1.34 bits per heavy atom. The Morgan fingerprint density at radius 1 is 0.897 bits per heavy atom. The Morgan fingerprint density at radius 3 is 1.69 bits per heavy atom. The zero-order valence-electron chi connectivity index (χ0n) is 16.3. The molecule has 0 aliphatic rings. The van der Waals surface area contributed by atoms with E-state index in [0.29, 0.717) is 18.1 Å². The summed E-state index contributed by atoms with van der Waals surface area (Å²) in [6.45, 7) is 1.43. The number of nitrogens with one attached hydrogen (secondary N) is 1. The van der Waals surface area contributed by atoms with Gasteiger partial charge in [0.2, 0.25) is 0 Å². The summed E-state index contributed by atoms with van der Waals surface area (Å²) in [5.74, 6) is -0.506. The smallest absolute Gasteiger partial charge is 0.319 e. The largest absolute Gasteiger partial charge is 0.468 e. The van der Waals surface area contributed by atoms with E-state index in [-0.39, 0.29) is 23.8 Å². The number of ether oxygens (including phenoxy) is 2. The van der Waals surface area contributed by atoms with Gasteiger partial charge in [-0.1, -0.05) is 63.4 Å². The van der Waals surface area contributed by atoms with Crippen molar-refractivity contribution in [2.45, 2.75) is 13.1 Å². The summed E-state index contributed by atoms with van der Waals surface area (Å²) in [4.78, 5) is 20.7. The summed E-state index contributed by atoms with van der Waals surface area (Å²) in [6, 6.07) is 15.0. The zero-order valence-corrected chi connectivity index (χ0v) is 19.4. The Hall–Kier alpha value is -1.64. The summed E-state index contributed by atoms with van der Waals surface area (Å²) in [6.07, 6.45) is 0. The molecule has 0 saturated carbocycles. The summed E-state index contributed by atoms with van der Waals surface area (Å²) < 4.78 is 8.70. The molecule has 9 heteroatoms. The van der Waals surface area contributed by atoms with Crippen LogP contribution in [-0.2, 0) is 32.2 Å². The average molecular weight is 508 g/mol. The molecule has 0 aliphatic carbocycles. The fourth-order valence-electron chi connectivity index (χ4n) is 1.66. The minimum absolute atomic E-state index is 0.221. The van der Waals surface area contributed by atoms with Gasteiger partial charge in [-0.05, 0) is 35.4 Å². The second kappa shape index (κ2) is 17.2. The SMILES string of the molecule is COC(=O)CBr.COC(=O)CNCc1ccc(Cl)cc1.NCc1ccc(Cl)cc1. The lowest BCUT2D eigenvalue weighted by Gasteiger charge is -2.03. The lowest BCUT2D eigenvalue weighted by Crippen LogP contribution is -2.23. The van der Waals surface area contributed by atoms with Crippen LogP contribution in [0.2, 0.25) is 10.0 Å². The fraction of sp³-hybridized carbons (Fsp3) is 0.300. The predicted molar refractivity (Wildman–Crippen MR) is 120 cm³/mol. The van der Waals surface area contributed by atoms with Crippen molar-refractivity contribution in [3.05, 3.63) is 69.7 Å². The molecule has 0 bridgehead atoms. The molecular weight excluding hydrogens is 483 g/mol. The van der Waals surface area contributed by atoms with Gasteiger partial charge in [0.25, 0.3) is 0 Å². The molecule has 0 saturated heterocycles. The summed E-state index contributed by atoms with van der Waals surface area (Å²) in [7, 11) is 2.72. The van der Waals surface area contributed by atoms with Crippen molar-refractivity contribution in [3.8, 4) is 0 Å². The summed E-state index contributed by atoms with van der Waals surface area (Å²) >= 11 is 14.3. The molecule has 2 aromatic carbocycles. The second-order valence-corrected chi connectivity index (χ2v) is 6.78. The Bertz CT molecular complexity index is 707. The number of hydrogen-bond acceptors (Lipinski definition) is 6. The van der Waals surface area contributed by atoms with Gasteiger partial charge in [0.05, 0.1) is 20.8 Å². The Kier molecular flexibility index (Phi) is 16.3. The maximum absolute atomic E-state index is 10.8. The highest BCUT2D eigenvalue weighted by atomic mass is 79.9. The number of benzene rings is 2. The number of nitrogens with two attached hydrogens (primary N) is 1. The first kappa shape index (κ1) is 27.4. The quantitative estimate of drug-likeness (QED) is 0.454. The maximum atomic E-state index is 10.8. The molecule has 160 valence electrons. The van der Waals surface area contributed by atoms with E-state index in [1.54, 1.807) is 0 Å². The van der Waals surface area contributed by atoms with Gasteiger partial charge in [0, 0.05) is 23.1 Å². The first-order valence-electron chi connectivity index (χ1n) is 8.45. The van der Waals surface area contributed by atoms with Crippen molar-refractivity contribution < 1.29 is 19.1 Å². The molecule has 0 fully saturated rings. The van der Waals surface area contributed by atoms with E-state index >= 15 is 0 Å². The van der Waals surface area contributed by atoms with Gasteiger partial charge in [-0.2, -0.15) is 0 Å². The fourth-order valence-corrected chi connectivity index (χ4v) is 2.14. The van der Waals surface area contributed by atoms with Crippen LogP contribution in [0.1, 0.15) is 11.1 Å². The molecule has 6 nitrogen and oxygen atoms in total. The highest BCUT2D eigenvalue weighted by Gasteiger charge is 1.98. The third-order valence-corrected chi connectivity index (χ3v) is 4.19. The van der Waals surface area contributed by atoms with E-state index in [1.807, 2.05) is 48.5 Å². The van der Waals surface area contributed by atoms with Crippen molar-refractivity contribution >= 4 is 51.1 Å². The molecule has 0 aromatic heterocycles. The molecule has 0 radical (unpaired) electrons. The predicted octanol–water partition coefficient (Wildman–Crippen LogP) is 3.96. The third-order valence-electron chi connectivity index (χ3n) is 3.23. The number of carbonyl (C=O) groups excluding carboxylic acids is 2. The van der Waals surface area contributed by atoms with Gasteiger partial charge in [0.15, 0.2) is 0 Å². The van der Waals surface area contributed by atoms with Crippen LogP contribution in [0, 0.1) is 0 Å². The van der Waals surface area contributed by atoms with Gasteiger partial charge >= 0.3 is 11.9 Å². The van der Waals surface area contributed by atoms with Crippen molar-refractivity contribution in [2.24, 2.45) is 5.73 Å². The normalized spacial score (nSPS) is 9.31. The van der Waals surface area contributed by atoms with Crippen molar-refractivity contribution in [2.75, 3.05) is 26.1 Å². The van der Waals surface area contributed by atoms with Gasteiger partial charge in [-0.25, -0.2) is 0 Å². The molecule has 2 aromatic rings. The first-order valence-corrected chi connectivity index (χ1v) is 10.3. The molecule has 0 atom stereocenters. The van der Waals surface area contributed by atoms with Crippen LogP contribution < -0.4 is 11.1 Å². The molecule has 2 rings (SSSR count). The average Bonchev–Trinajstić information content (AvgIpc) is 2.75. The molecule has 3 N–H and O–H groups in total. The number of alkyl halides is 1. The summed E-state index contributed by atoms with van der Waals surface area (Å²) in [5.41, 5.74) is 7.55. The molecular formula is C20H25BrCl2N2O4. The minimum Gasteiger partial charge on any atom is -0.468 e. The highest BCUT2D eigenvalue weighted by Crippen LogP contribution is 2.09. The van der Waals surface area contributed by atoms with E-state index in [9.17, 15) is 9.59 Å². The van der Waals surface area contributed by atoms with Crippen LogP contribution >= 0.6 is 39.1 Å². The van der Waals surface area contributed by atoms with E-state index < -0.39 is 0 Å². The second-order valence-electron chi connectivity index (χ2n) is 5.35. The number of methoxy groups -OCH3 is 2. The third kappa shape index (κ3) is 14.9. The van der Waals surface area contributed by atoms with Crippen molar-refractivity contribution in [1.82, 2.24) is 5.32 Å². The van der Waals surface area contributed by atoms with Crippen LogP contribution in [0.4, 0.5) is 0 Å². The molecule has 0 amide bonds. The lowest BCUT2D eigenvalue weighted by atomic mass is 10.2. The van der Waals surface area contributed by atoms with Gasteiger partial charge < -0.3 is 20.5 Å². The number of hydrogen-bond donors (Lipinski definition) is 2. The van der Waals surface area contributed by atoms with Crippen LogP contribution in [0.25, 0.3) is 0 Å². The molecule has 0 spiro atoms. The standard InChI is InChI=1S/C10H12ClNO2.C7H8ClN.C3H5BrO2/c1-14-10(13)7-12-6-8-2-4-9(11)5-3-8;8-7-3-1-6(5-9)2-4-7;1-6-3(5)2-4/h2-5,12H,6-7H2,1H3;1-4H,5,9H2;2H2,1H3. The van der Waals surface area contributed by atoms with E-state index in [1.165, 1.54) is 14.2 Å². The van der Waals surface area contributed by atoms with Gasteiger partial charge in [-0.3, -0.25) is 9.59 Å². The van der Waals surface area contributed by atoms with Crippen LogP contribution in [0.15, 0.2) is 48.5 Å². The first-order chi connectivity index (χ1) is 13.9. The van der Waals surface area contributed by atoms with E-state index in [0.717, 1.165) is 16.1 Å². The number of halogens is 3. The number of carbonyl (C=O) groups is 2. The molecule has 0 aliphatic heterocycles. The van der Waals surface area contributed by atoms with E-state index in [4.69, 9.17) is 28.9 Å². The molecule has 0 heterocycles. The van der Waals surface area contributed by atoms with Crippen LogP contribution in [0.5, 0.6) is 0 Å². The van der Waals surface area contributed by atoms with Crippen molar-refractivity contribution in [1.29, 1.82) is 0 Å². The number of esters is 2. The topological polar surface area (TPSA) is 90.6 Å². The lowest BCUT2D eigenvalue weighted by molar-refractivity contribution is -0.139. The molecule has 0 unspecified atom stereocenters. The van der Waals surface area contributed by atoms with Gasteiger partial charge in [-0.15, -0.1) is 0 Å². The van der Waals surface area contributed by atoms with Gasteiger partial charge in [0.1, 0.15) is 5.33 Å². The van der Waals surface area contributed by atoms with Crippen LogP contribution in [0.3, 0.4) is 0 Å². The Labute approximate surface area is 189 Å². The zero-order chi connectivity index (χ0) is 22.1.